The summed E-state index contributed by atoms with van der Waals surface area (Å²) in [5, 5.41) is 2.88. The van der Waals surface area contributed by atoms with E-state index in [-0.39, 0.29) is 17.7 Å². The second-order valence-electron chi connectivity index (χ2n) is 5.49. The van der Waals surface area contributed by atoms with Gasteiger partial charge in [-0.25, -0.2) is 0 Å². The van der Waals surface area contributed by atoms with E-state index in [4.69, 9.17) is 5.73 Å². The summed E-state index contributed by atoms with van der Waals surface area (Å²) in [6.07, 6.45) is 1.72. The van der Waals surface area contributed by atoms with Crippen LogP contribution in [0.3, 0.4) is 0 Å². The van der Waals surface area contributed by atoms with Crippen molar-refractivity contribution in [1.82, 2.24) is 4.90 Å². The fraction of sp³-hybridized carbons (Fsp3) is 0.467. The molecule has 0 aromatic heterocycles. The Kier molecular flexibility index (Phi) is 5.36. The molecule has 6 heteroatoms. The fourth-order valence-electron chi connectivity index (χ4n) is 2.56. The molecule has 2 amide bonds. The van der Waals surface area contributed by atoms with Crippen LogP contribution >= 0.6 is 15.9 Å². The van der Waals surface area contributed by atoms with E-state index in [2.05, 4.69) is 21.2 Å². The Morgan fingerprint density at radius 2 is 2.24 bits per heavy atom. The number of aryl methyl sites for hydroxylation is 1. The molecule has 0 radical (unpaired) electrons. The number of anilines is 1. The van der Waals surface area contributed by atoms with Gasteiger partial charge in [0.1, 0.15) is 0 Å². The summed E-state index contributed by atoms with van der Waals surface area (Å²) in [6.45, 7) is 3.67. The van der Waals surface area contributed by atoms with Gasteiger partial charge in [-0.1, -0.05) is 15.9 Å². The third-order valence-corrected chi connectivity index (χ3v) is 4.61. The van der Waals surface area contributed by atoms with Crippen LogP contribution in [0.4, 0.5) is 5.69 Å². The molecule has 0 saturated carbocycles. The highest BCUT2D eigenvalue weighted by molar-refractivity contribution is 9.10. The number of piperidine rings is 1. The van der Waals surface area contributed by atoms with E-state index < -0.39 is 0 Å². The van der Waals surface area contributed by atoms with E-state index in [0.717, 1.165) is 35.1 Å². The minimum absolute atomic E-state index is 0.0677. The zero-order valence-electron chi connectivity index (χ0n) is 12.1. The smallest absolute Gasteiger partial charge is 0.238 e. The number of hydrogen-bond acceptors (Lipinski definition) is 3. The van der Waals surface area contributed by atoms with Crippen LogP contribution in [0.2, 0.25) is 0 Å². The lowest BCUT2D eigenvalue weighted by Gasteiger charge is -2.30. The van der Waals surface area contributed by atoms with Crippen molar-refractivity contribution in [3.63, 3.8) is 0 Å². The van der Waals surface area contributed by atoms with Crippen LogP contribution < -0.4 is 11.1 Å². The molecule has 1 fully saturated rings. The summed E-state index contributed by atoms with van der Waals surface area (Å²) in [7, 11) is 0. The largest absolute Gasteiger partial charge is 0.369 e. The van der Waals surface area contributed by atoms with Crippen molar-refractivity contribution in [2.45, 2.75) is 19.8 Å². The Morgan fingerprint density at radius 1 is 1.48 bits per heavy atom. The molecule has 3 N–H and O–H groups in total. The van der Waals surface area contributed by atoms with Gasteiger partial charge in [-0.2, -0.15) is 0 Å². The summed E-state index contributed by atoms with van der Waals surface area (Å²) < 4.78 is 1.01. The maximum absolute atomic E-state index is 12.1. The number of likely N-dealkylation sites (tertiary alicyclic amines) is 1. The highest BCUT2D eigenvalue weighted by atomic mass is 79.9. The van der Waals surface area contributed by atoms with Crippen molar-refractivity contribution in [2.75, 3.05) is 25.0 Å². The highest BCUT2D eigenvalue weighted by Gasteiger charge is 2.25. The van der Waals surface area contributed by atoms with Crippen molar-refractivity contribution in [3.8, 4) is 0 Å². The predicted molar refractivity (Wildman–Crippen MR) is 85.9 cm³/mol. The lowest BCUT2D eigenvalue weighted by Crippen LogP contribution is -2.44. The van der Waals surface area contributed by atoms with Gasteiger partial charge in [-0.3, -0.25) is 14.5 Å². The summed E-state index contributed by atoms with van der Waals surface area (Å²) in [4.78, 5) is 25.3. The third-order valence-electron chi connectivity index (χ3n) is 3.72. The van der Waals surface area contributed by atoms with Crippen LogP contribution in [-0.2, 0) is 9.59 Å². The van der Waals surface area contributed by atoms with Crippen LogP contribution in [0, 0.1) is 12.8 Å². The predicted octanol–water partition coefficient (Wildman–Crippen LogP) is 1.89. The molecule has 2 rings (SSSR count). The highest BCUT2D eigenvalue weighted by Crippen LogP contribution is 2.20. The molecule has 5 nitrogen and oxygen atoms in total. The fourth-order valence-corrected chi connectivity index (χ4v) is 2.80. The summed E-state index contributed by atoms with van der Waals surface area (Å²) in [6, 6.07) is 5.69. The monoisotopic (exact) mass is 353 g/mol. The first-order valence-electron chi connectivity index (χ1n) is 7.03. The maximum Gasteiger partial charge on any atom is 0.238 e. The average Bonchev–Trinajstić information content (AvgIpc) is 2.43. The second kappa shape index (κ2) is 7.04. The van der Waals surface area contributed by atoms with E-state index in [1.807, 2.05) is 30.0 Å². The van der Waals surface area contributed by atoms with E-state index in [1.165, 1.54) is 0 Å². The second-order valence-corrected chi connectivity index (χ2v) is 6.34. The number of nitrogens with two attached hydrogens (primary N) is 1. The molecule has 1 saturated heterocycles. The van der Waals surface area contributed by atoms with Gasteiger partial charge in [0.25, 0.3) is 0 Å². The number of nitrogens with one attached hydrogen (secondary N) is 1. The normalized spacial score (nSPS) is 19.2. The topological polar surface area (TPSA) is 75.4 Å². The Bertz CT molecular complexity index is 548. The van der Waals surface area contributed by atoms with Crippen molar-refractivity contribution in [1.29, 1.82) is 0 Å². The van der Waals surface area contributed by atoms with Crippen molar-refractivity contribution in [3.05, 3.63) is 28.2 Å². The standard InChI is InChI=1S/C15H20BrN3O2/c1-10-7-12(4-5-13(10)16)18-14(20)9-19-6-2-3-11(8-19)15(17)21/h4-5,7,11H,2-3,6,8-9H2,1H3,(H2,17,21)(H,18,20)/t11-/m1/s1. The summed E-state index contributed by atoms with van der Waals surface area (Å²) in [5.74, 6) is -0.480. The van der Waals surface area contributed by atoms with E-state index in [1.54, 1.807) is 0 Å². The van der Waals surface area contributed by atoms with E-state index >= 15 is 0 Å². The van der Waals surface area contributed by atoms with Crippen LogP contribution in [0.15, 0.2) is 22.7 Å². The number of amides is 2. The first-order valence-corrected chi connectivity index (χ1v) is 7.82. The number of primary amides is 1. The Hall–Kier alpha value is -1.40. The lowest BCUT2D eigenvalue weighted by molar-refractivity contribution is -0.125. The van der Waals surface area contributed by atoms with Gasteiger partial charge in [0.05, 0.1) is 12.5 Å². The van der Waals surface area contributed by atoms with Crippen LogP contribution in [0.25, 0.3) is 0 Å². The van der Waals surface area contributed by atoms with Gasteiger partial charge < -0.3 is 11.1 Å². The number of halogens is 1. The minimum atomic E-state index is -0.274. The molecule has 0 aliphatic carbocycles. The molecule has 1 atom stereocenters. The van der Waals surface area contributed by atoms with Crippen molar-refractivity contribution < 1.29 is 9.59 Å². The molecule has 0 unspecified atom stereocenters. The van der Waals surface area contributed by atoms with Crippen LogP contribution in [0.1, 0.15) is 18.4 Å². The van der Waals surface area contributed by atoms with Crippen molar-refractivity contribution >= 4 is 33.4 Å². The van der Waals surface area contributed by atoms with Gasteiger partial charge in [0.2, 0.25) is 11.8 Å². The zero-order valence-corrected chi connectivity index (χ0v) is 13.6. The maximum atomic E-state index is 12.1. The van der Waals surface area contributed by atoms with Gasteiger partial charge in [0.15, 0.2) is 0 Å². The quantitative estimate of drug-likeness (QED) is 0.867. The Morgan fingerprint density at radius 3 is 2.90 bits per heavy atom. The van der Waals surface area contributed by atoms with Gasteiger partial charge >= 0.3 is 0 Å². The van der Waals surface area contributed by atoms with Gasteiger partial charge in [-0.15, -0.1) is 0 Å². The summed E-state index contributed by atoms with van der Waals surface area (Å²) in [5.41, 5.74) is 7.19. The molecule has 1 aromatic rings. The minimum Gasteiger partial charge on any atom is -0.369 e. The molecular formula is C15H20BrN3O2. The molecule has 1 aliphatic rings. The third kappa shape index (κ3) is 4.54. The van der Waals surface area contributed by atoms with E-state index in [0.29, 0.717) is 13.1 Å². The lowest BCUT2D eigenvalue weighted by atomic mass is 9.97. The van der Waals surface area contributed by atoms with Crippen LogP contribution in [0.5, 0.6) is 0 Å². The molecular weight excluding hydrogens is 334 g/mol. The van der Waals surface area contributed by atoms with Gasteiger partial charge in [-0.05, 0) is 50.1 Å². The molecule has 114 valence electrons. The number of benzene rings is 1. The number of nitrogens with zero attached hydrogens (tertiary/aromatic N) is 1. The number of carbonyl (C=O) groups excluding carboxylic acids is 2. The molecule has 0 spiro atoms. The number of carbonyl (C=O) groups is 2. The Labute approximate surface area is 133 Å². The summed E-state index contributed by atoms with van der Waals surface area (Å²) >= 11 is 3.43. The number of rotatable bonds is 4. The van der Waals surface area contributed by atoms with Gasteiger partial charge in [0, 0.05) is 16.7 Å². The molecule has 21 heavy (non-hydrogen) atoms. The molecule has 1 heterocycles. The Balaban J connectivity index is 1.89. The molecule has 0 bridgehead atoms. The first kappa shape index (κ1) is 16.0. The SMILES string of the molecule is Cc1cc(NC(=O)CN2CCC[C@@H](C(N)=O)C2)ccc1Br. The molecule has 1 aliphatic heterocycles. The number of hydrogen-bond donors (Lipinski definition) is 2. The molecule has 1 aromatic carbocycles. The van der Waals surface area contributed by atoms with E-state index in [9.17, 15) is 9.59 Å². The first-order chi connectivity index (χ1) is 9.95. The zero-order chi connectivity index (χ0) is 15.4. The van der Waals surface area contributed by atoms with Crippen LogP contribution in [-0.4, -0.2) is 36.3 Å². The van der Waals surface area contributed by atoms with Crippen molar-refractivity contribution in [2.24, 2.45) is 11.7 Å². The average molecular weight is 354 g/mol.